The Kier molecular flexibility index (Phi) is 3.42. The summed E-state index contributed by atoms with van der Waals surface area (Å²) in [6.45, 7) is 1.56. The van der Waals surface area contributed by atoms with E-state index < -0.39 is 17.6 Å². The van der Waals surface area contributed by atoms with Crippen LogP contribution in [0.5, 0.6) is 0 Å². The fraction of sp³-hybridized carbons (Fsp3) is 0.214. The van der Waals surface area contributed by atoms with Crippen molar-refractivity contribution in [3.63, 3.8) is 0 Å². The maximum atomic E-state index is 12.4. The van der Waals surface area contributed by atoms with E-state index in [0.29, 0.717) is 5.65 Å². The number of esters is 1. The van der Waals surface area contributed by atoms with Crippen LogP contribution in [-0.2, 0) is 9.53 Å². The van der Waals surface area contributed by atoms with Gasteiger partial charge in [-0.25, -0.2) is 9.78 Å². The van der Waals surface area contributed by atoms with Crippen molar-refractivity contribution in [2.24, 2.45) is 0 Å². The minimum Gasteiger partial charge on any atom is -0.467 e. The summed E-state index contributed by atoms with van der Waals surface area (Å²) in [5, 5.41) is 7.85. The summed E-state index contributed by atoms with van der Waals surface area (Å²) in [5.41, 5.74) is 0.743. The molecular formula is C14H13N5O3. The number of fused-ring (bicyclic) bond motifs is 1. The van der Waals surface area contributed by atoms with Gasteiger partial charge in [0, 0.05) is 0 Å². The molecule has 3 rings (SSSR count). The van der Waals surface area contributed by atoms with Crippen LogP contribution < -0.4 is 5.56 Å². The first kappa shape index (κ1) is 13.9. The largest absolute Gasteiger partial charge is 0.467 e. The molecule has 0 aliphatic heterocycles. The van der Waals surface area contributed by atoms with E-state index in [1.165, 1.54) is 22.7 Å². The first-order valence-electron chi connectivity index (χ1n) is 6.59. The molecule has 0 radical (unpaired) electrons. The van der Waals surface area contributed by atoms with Gasteiger partial charge in [0.1, 0.15) is 12.4 Å². The number of rotatable bonds is 3. The van der Waals surface area contributed by atoms with Crippen LogP contribution in [0.15, 0.2) is 41.5 Å². The van der Waals surface area contributed by atoms with Crippen LogP contribution in [0.3, 0.4) is 0 Å². The van der Waals surface area contributed by atoms with Gasteiger partial charge < -0.3 is 4.74 Å². The Labute approximate surface area is 125 Å². The van der Waals surface area contributed by atoms with Gasteiger partial charge in [-0.05, 0) is 19.1 Å². The Bertz CT molecular complexity index is 884. The lowest BCUT2D eigenvalue weighted by Gasteiger charge is -2.11. The lowest BCUT2D eigenvalue weighted by atomic mass is 10.3. The molecule has 0 bridgehead atoms. The van der Waals surface area contributed by atoms with Gasteiger partial charge in [-0.2, -0.15) is 4.68 Å². The fourth-order valence-electron chi connectivity index (χ4n) is 2.13. The van der Waals surface area contributed by atoms with Crippen molar-refractivity contribution in [2.45, 2.75) is 13.0 Å². The van der Waals surface area contributed by atoms with Gasteiger partial charge in [0.25, 0.3) is 5.56 Å². The molecular weight excluding hydrogens is 286 g/mol. The molecule has 0 spiro atoms. The Balaban J connectivity index is 2.15. The van der Waals surface area contributed by atoms with E-state index >= 15 is 0 Å². The molecule has 0 N–H and O–H groups in total. The monoisotopic (exact) mass is 299 g/mol. The number of ether oxygens (including phenoxy) is 1. The molecule has 0 unspecified atom stereocenters. The highest BCUT2D eigenvalue weighted by Crippen LogP contribution is 2.12. The molecule has 2 heterocycles. The second kappa shape index (κ2) is 5.40. The van der Waals surface area contributed by atoms with E-state index in [1.807, 2.05) is 30.3 Å². The molecule has 0 aliphatic rings. The summed E-state index contributed by atoms with van der Waals surface area (Å²) >= 11 is 0. The molecule has 8 heteroatoms. The molecule has 0 fully saturated rings. The molecule has 1 aromatic carbocycles. The first-order valence-corrected chi connectivity index (χ1v) is 6.59. The average Bonchev–Trinajstić information content (AvgIpc) is 2.99. The summed E-state index contributed by atoms with van der Waals surface area (Å²) in [7, 11) is 1.27. The summed E-state index contributed by atoms with van der Waals surface area (Å²) in [6, 6.07) is 8.46. The zero-order valence-electron chi connectivity index (χ0n) is 12.0. The summed E-state index contributed by atoms with van der Waals surface area (Å²) in [6.07, 6.45) is 1.30. The maximum absolute atomic E-state index is 12.4. The second-order valence-corrected chi connectivity index (χ2v) is 4.67. The van der Waals surface area contributed by atoms with Gasteiger partial charge in [0.15, 0.2) is 11.2 Å². The predicted molar refractivity (Wildman–Crippen MR) is 77.6 cm³/mol. The number of aromatic nitrogens is 5. The highest BCUT2D eigenvalue weighted by molar-refractivity contribution is 5.75. The third kappa shape index (κ3) is 2.14. The van der Waals surface area contributed by atoms with Crippen LogP contribution in [0, 0.1) is 0 Å². The molecule has 0 saturated heterocycles. The van der Waals surface area contributed by atoms with Crippen LogP contribution in [0.25, 0.3) is 16.9 Å². The lowest BCUT2D eigenvalue weighted by molar-refractivity contribution is -0.144. The molecule has 2 aromatic heterocycles. The molecule has 0 saturated carbocycles. The van der Waals surface area contributed by atoms with Gasteiger partial charge in [-0.15, -0.1) is 5.10 Å². The SMILES string of the molecule is COC(=O)[C@H](C)n1cnc2c(nnn2-c2ccccc2)c1=O. The molecule has 0 aliphatic carbocycles. The van der Waals surface area contributed by atoms with Crippen molar-refractivity contribution in [3.8, 4) is 5.69 Å². The zero-order chi connectivity index (χ0) is 15.7. The predicted octanol–water partition coefficient (Wildman–Crippen LogP) is 0.711. The van der Waals surface area contributed by atoms with Gasteiger partial charge in [-0.3, -0.25) is 9.36 Å². The van der Waals surface area contributed by atoms with Crippen LogP contribution >= 0.6 is 0 Å². The average molecular weight is 299 g/mol. The summed E-state index contributed by atoms with van der Waals surface area (Å²) in [4.78, 5) is 28.2. The van der Waals surface area contributed by atoms with Crippen molar-refractivity contribution in [1.82, 2.24) is 24.5 Å². The van der Waals surface area contributed by atoms with Crippen molar-refractivity contribution >= 4 is 17.1 Å². The normalized spacial score (nSPS) is 12.3. The number of hydrogen-bond acceptors (Lipinski definition) is 6. The van der Waals surface area contributed by atoms with Crippen molar-refractivity contribution < 1.29 is 9.53 Å². The zero-order valence-corrected chi connectivity index (χ0v) is 12.0. The van der Waals surface area contributed by atoms with Crippen LogP contribution in [0.4, 0.5) is 0 Å². The third-order valence-electron chi connectivity index (χ3n) is 3.35. The standard InChI is InChI=1S/C14H13N5O3/c1-9(14(21)22-2)18-8-15-12-11(13(18)20)16-17-19(12)10-6-4-3-5-7-10/h3-9H,1-2H3/t9-/m0/s1. The number of carbonyl (C=O) groups excluding carboxylic acids is 1. The number of hydrogen-bond donors (Lipinski definition) is 0. The summed E-state index contributed by atoms with van der Waals surface area (Å²) < 4.78 is 7.30. The lowest BCUT2D eigenvalue weighted by Crippen LogP contribution is -2.29. The molecule has 0 amide bonds. The Morgan fingerprint density at radius 3 is 2.68 bits per heavy atom. The van der Waals surface area contributed by atoms with Crippen LogP contribution in [0.2, 0.25) is 0 Å². The van der Waals surface area contributed by atoms with Crippen LogP contribution in [0.1, 0.15) is 13.0 Å². The molecule has 8 nitrogen and oxygen atoms in total. The number of para-hydroxylation sites is 1. The number of methoxy groups -OCH3 is 1. The van der Waals surface area contributed by atoms with Gasteiger partial charge in [0.05, 0.1) is 12.8 Å². The number of nitrogens with zero attached hydrogens (tertiary/aromatic N) is 5. The Hall–Kier alpha value is -3.03. The third-order valence-corrected chi connectivity index (χ3v) is 3.35. The smallest absolute Gasteiger partial charge is 0.328 e. The molecule has 3 aromatic rings. The van der Waals surface area contributed by atoms with Gasteiger partial charge in [-0.1, -0.05) is 23.4 Å². The minimum absolute atomic E-state index is 0.0992. The van der Waals surface area contributed by atoms with E-state index in [1.54, 1.807) is 6.92 Å². The quantitative estimate of drug-likeness (QED) is 0.661. The van der Waals surface area contributed by atoms with Crippen LogP contribution in [-0.4, -0.2) is 37.6 Å². The van der Waals surface area contributed by atoms with E-state index in [9.17, 15) is 9.59 Å². The van der Waals surface area contributed by atoms with Gasteiger partial charge in [0.2, 0.25) is 0 Å². The highest BCUT2D eigenvalue weighted by Gasteiger charge is 2.20. The van der Waals surface area contributed by atoms with Crippen molar-refractivity contribution in [2.75, 3.05) is 7.11 Å². The number of benzene rings is 1. The topological polar surface area (TPSA) is 91.9 Å². The van der Waals surface area contributed by atoms with E-state index in [0.717, 1.165) is 5.69 Å². The molecule has 1 atom stereocenters. The Morgan fingerprint density at radius 2 is 2.00 bits per heavy atom. The van der Waals surface area contributed by atoms with E-state index in [4.69, 9.17) is 0 Å². The maximum Gasteiger partial charge on any atom is 0.328 e. The van der Waals surface area contributed by atoms with Gasteiger partial charge >= 0.3 is 5.97 Å². The van der Waals surface area contributed by atoms with Crippen molar-refractivity contribution in [1.29, 1.82) is 0 Å². The molecule has 22 heavy (non-hydrogen) atoms. The van der Waals surface area contributed by atoms with E-state index in [-0.39, 0.29) is 5.52 Å². The first-order chi connectivity index (χ1) is 10.6. The fourth-order valence-corrected chi connectivity index (χ4v) is 2.13. The summed E-state index contributed by atoms with van der Waals surface area (Å²) in [5.74, 6) is -0.529. The second-order valence-electron chi connectivity index (χ2n) is 4.67. The van der Waals surface area contributed by atoms with E-state index in [2.05, 4.69) is 20.0 Å². The number of carbonyl (C=O) groups is 1. The molecule has 112 valence electrons. The Morgan fingerprint density at radius 1 is 1.27 bits per heavy atom. The highest BCUT2D eigenvalue weighted by atomic mass is 16.5. The minimum atomic E-state index is -0.781. The van der Waals surface area contributed by atoms with Crippen molar-refractivity contribution in [3.05, 3.63) is 47.0 Å².